The van der Waals surface area contributed by atoms with Crippen molar-refractivity contribution in [3.8, 4) is 0 Å². The summed E-state index contributed by atoms with van der Waals surface area (Å²) < 4.78 is 6.02. The zero-order valence-corrected chi connectivity index (χ0v) is 11.6. The lowest BCUT2D eigenvalue weighted by atomic mass is 9.99. The molecule has 100 valence electrons. The Bertz CT molecular complexity index is 211. The molecule has 2 aliphatic carbocycles. The van der Waals surface area contributed by atoms with Gasteiger partial charge in [0, 0.05) is 12.6 Å². The van der Waals surface area contributed by atoms with Crippen molar-refractivity contribution in [1.82, 2.24) is 5.32 Å². The highest BCUT2D eigenvalue weighted by molar-refractivity contribution is 4.91. The van der Waals surface area contributed by atoms with Gasteiger partial charge in [-0.1, -0.05) is 19.8 Å². The van der Waals surface area contributed by atoms with Crippen LogP contribution in [0.15, 0.2) is 0 Å². The molecule has 0 saturated heterocycles. The van der Waals surface area contributed by atoms with Crippen LogP contribution < -0.4 is 5.32 Å². The largest absolute Gasteiger partial charge is 0.377 e. The van der Waals surface area contributed by atoms with Gasteiger partial charge in [0.05, 0.1) is 6.10 Å². The number of hydrogen-bond acceptors (Lipinski definition) is 2. The van der Waals surface area contributed by atoms with E-state index in [1.54, 1.807) is 0 Å². The Hall–Kier alpha value is -0.0800. The zero-order valence-electron chi connectivity index (χ0n) is 11.6. The fourth-order valence-electron chi connectivity index (χ4n) is 2.73. The summed E-state index contributed by atoms with van der Waals surface area (Å²) in [5.41, 5.74) is 0. The fraction of sp³-hybridized carbons (Fsp3) is 1.00. The third-order valence-electron chi connectivity index (χ3n) is 4.08. The van der Waals surface area contributed by atoms with Crippen LogP contribution in [0.3, 0.4) is 0 Å². The van der Waals surface area contributed by atoms with Crippen molar-refractivity contribution in [2.45, 2.75) is 70.9 Å². The molecular formula is C15H29NO. The lowest BCUT2D eigenvalue weighted by molar-refractivity contribution is 0.0162. The Labute approximate surface area is 107 Å². The Morgan fingerprint density at radius 3 is 2.47 bits per heavy atom. The van der Waals surface area contributed by atoms with E-state index >= 15 is 0 Å². The van der Waals surface area contributed by atoms with Gasteiger partial charge in [-0.15, -0.1) is 0 Å². The van der Waals surface area contributed by atoms with Crippen molar-refractivity contribution in [1.29, 1.82) is 0 Å². The molecule has 17 heavy (non-hydrogen) atoms. The second-order valence-electron chi connectivity index (χ2n) is 5.84. The highest BCUT2D eigenvalue weighted by atomic mass is 16.5. The smallest absolute Gasteiger partial charge is 0.0755 e. The monoisotopic (exact) mass is 239 g/mol. The number of rotatable bonds is 10. The van der Waals surface area contributed by atoms with E-state index in [9.17, 15) is 0 Å². The molecule has 2 unspecified atom stereocenters. The molecule has 2 heteroatoms. The van der Waals surface area contributed by atoms with Crippen molar-refractivity contribution in [2.75, 3.05) is 13.2 Å². The van der Waals surface area contributed by atoms with E-state index in [-0.39, 0.29) is 0 Å². The predicted molar refractivity (Wildman–Crippen MR) is 72.2 cm³/mol. The second-order valence-corrected chi connectivity index (χ2v) is 5.84. The van der Waals surface area contributed by atoms with Crippen LogP contribution in [0.2, 0.25) is 0 Å². The molecule has 1 N–H and O–H groups in total. The minimum Gasteiger partial charge on any atom is -0.377 e. The van der Waals surface area contributed by atoms with Gasteiger partial charge in [0.1, 0.15) is 0 Å². The van der Waals surface area contributed by atoms with Crippen LogP contribution in [0.1, 0.15) is 58.8 Å². The minimum absolute atomic E-state index is 0.491. The van der Waals surface area contributed by atoms with Crippen LogP contribution in [-0.2, 0) is 4.74 Å². The summed E-state index contributed by atoms with van der Waals surface area (Å²) in [6.45, 7) is 6.39. The third kappa shape index (κ3) is 4.59. The lowest BCUT2D eigenvalue weighted by Gasteiger charge is -2.28. The molecule has 0 aromatic rings. The summed E-state index contributed by atoms with van der Waals surface area (Å²) in [5, 5.41) is 3.73. The first-order valence-corrected chi connectivity index (χ1v) is 7.70. The summed E-state index contributed by atoms with van der Waals surface area (Å²) in [6.07, 6.45) is 10.2. The van der Waals surface area contributed by atoms with Crippen LogP contribution in [0.5, 0.6) is 0 Å². The van der Waals surface area contributed by atoms with Crippen molar-refractivity contribution in [3.63, 3.8) is 0 Å². The zero-order chi connectivity index (χ0) is 12.1. The van der Waals surface area contributed by atoms with E-state index in [2.05, 4.69) is 19.2 Å². The first-order valence-electron chi connectivity index (χ1n) is 7.70. The maximum absolute atomic E-state index is 6.02. The van der Waals surface area contributed by atoms with E-state index in [1.165, 1.54) is 44.9 Å². The van der Waals surface area contributed by atoms with Crippen LogP contribution in [0, 0.1) is 11.8 Å². The molecule has 0 aromatic heterocycles. The maximum Gasteiger partial charge on any atom is 0.0755 e. The number of hydrogen-bond donors (Lipinski definition) is 1. The average Bonchev–Trinajstić information content (AvgIpc) is 3.18. The fourth-order valence-corrected chi connectivity index (χ4v) is 2.73. The van der Waals surface area contributed by atoms with Crippen LogP contribution >= 0.6 is 0 Å². The standard InChI is InChI=1S/C15H29NO/c1-3-11-16-14(10-7-12-5-6-12)15(17-4-2)13-8-9-13/h12-16H,3-11H2,1-2H3. The summed E-state index contributed by atoms with van der Waals surface area (Å²) in [5.74, 6) is 1.89. The molecule has 2 atom stereocenters. The molecule has 2 aliphatic rings. The minimum atomic E-state index is 0.491. The number of nitrogens with one attached hydrogen (secondary N) is 1. The maximum atomic E-state index is 6.02. The van der Waals surface area contributed by atoms with Crippen molar-refractivity contribution >= 4 is 0 Å². The molecule has 0 amide bonds. The van der Waals surface area contributed by atoms with Crippen molar-refractivity contribution in [2.24, 2.45) is 11.8 Å². The highest BCUT2D eigenvalue weighted by Crippen LogP contribution is 2.39. The molecule has 2 saturated carbocycles. The summed E-state index contributed by atoms with van der Waals surface area (Å²) in [4.78, 5) is 0. The molecule has 0 aromatic carbocycles. The number of ether oxygens (including phenoxy) is 1. The van der Waals surface area contributed by atoms with Gasteiger partial charge in [0.2, 0.25) is 0 Å². The van der Waals surface area contributed by atoms with E-state index < -0.39 is 0 Å². The molecule has 2 fully saturated rings. The molecule has 0 radical (unpaired) electrons. The average molecular weight is 239 g/mol. The van der Waals surface area contributed by atoms with Crippen LogP contribution in [0.4, 0.5) is 0 Å². The van der Waals surface area contributed by atoms with Gasteiger partial charge in [-0.25, -0.2) is 0 Å². The first kappa shape index (κ1) is 13.4. The van der Waals surface area contributed by atoms with Crippen molar-refractivity contribution < 1.29 is 4.74 Å². The van der Waals surface area contributed by atoms with Gasteiger partial charge < -0.3 is 10.1 Å². The van der Waals surface area contributed by atoms with Gasteiger partial charge in [0.25, 0.3) is 0 Å². The third-order valence-corrected chi connectivity index (χ3v) is 4.08. The molecule has 2 rings (SSSR count). The van der Waals surface area contributed by atoms with Gasteiger partial charge in [-0.3, -0.25) is 0 Å². The highest BCUT2D eigenvalue weighted by Gasteiger charge is 2.37. The van der Waals surface area contributed by atoms with Gasteiger partial charge in [0.15, 0.2) is 0 Å². The Balaban J connectivity index is 1.80. The normalized spacial score (nSPS) is 23.6. The van der Waals surface area contributed by atoms with Gasteiger partial charge >= 0.3 is 0 Å². The summed E-state index contributed by atoms with van der Waals surface area (Å²) in [6, 6.07) is 0.614. The molecular weight excluding hydrogens is 210 g/mol. The van der Waals surface area contributed by atoms with Gasteiger partial charge in [-0.05, 0) is 57.4 Å². The van der Waals surface area contributed by atoms with Crippen LogP contribution in [0.25, 0.3) is 0 Å². The summed E-state index contributed by atoms with van der Waals surface area (Å²) >= 11 is 0. The summed E-state index contributed by atoms with van der Waals surface area (Å²) in [7, 11) is 0. The van der Waals surface area contributed by atoms with E-state index in [4.69, 9.17) is 4.74 Å². The molecule has 0 bridgehead atoms. The lowest BCUT2D eigenvalue weighted by Crippen LogP contribution is -2.43. The first-order chi connectivity index (χ1) is 8.35. The SMILES string of the molecule is CCCNC(CCC1CC1)C(OCC)C1CC1. The van der Waals surface area contributed by atoms with E-state index in [1.807, 2.05) is 0 Å². The quantitative estimate of drug-likeness (QED) is 0.631. The predicted octanol–water partition coefficient (Wildman–Crippen LogP) is 3.36. The Morgan fingerprint density at radius 1 is 1.18 bits per heavy atom. The molecule has 0 spiro atoms. The topological polar surface area (TPSA) is 21.3 Å². The van der Waals surface area contributed by atoms with E-state index in [0.717, 1.165) is 25.0 Å². The van der Waals surface area contributed by atoms with Crippen LogP contribution in [-0.4, -0.2) is 25.3 Å². The van der Waals surface area contributed by atoms with Gasteiger partial charge in [-0.2, -0.15) is 0 Å². The van der Waals surface area contributed by atoms with Crippen molar-refractivity contribution in [3.05, 3.63) is 0 Å². The second kappa shape index (κ2) is 6.75. The Kier molecular flexibility index (Phi) is 5.30. The van der Waals surface area contributed by atoms with E-state index in [0.29, 0.717) is 12.1 Å². The molecule has 0 aliphatic heterocycles. The molecule has 0 heterocycles. The Morgan fingerprint density at radius 2 is 1.94 bits per heavy atom. The molecule has 2 nitrogen and oxygen atoms in total.